The van der Waals surface area contributed by atoms with Crippen molar-refractivity contribution in [1.82, 2.24) is 15.3 Å². The van der Waals surface area contributed by atoms with Gasteiger partial charge in [-0.2, -0.15) is 0 Å². The topological polar surface area (TPSA) is 70.2 Å². The Hall–Kier alpha value is -2.63. The van der Waals surface area contributed by atoms with E-state index in [1.807, 2.05) is 45.2 Å². The van der Waals surface area contributed by atoms with Gasteiger partial charge in [-0.3, -0.25) is 4.98 Å². The van der Waals surface area contributed by atoms with Gasteiger partial charge in [-0.1, -0.05) is 0 Å². The van der Waals surface area contributed by atoms with Crippen molar-refractivity contribution in [2.75, 3.05) is 23.8 Å². The normalized spacial score (nSPS) is 10.4. The third-order valence-corrected chi connectivity index (χ3v) is 3.30. The van der Waals surface area contributed by atoms with E-state index in [1.54, 1.807) is 18.6 Å². The highest BCUT2D eigenvalue weighted by Gasteiger charge is 2.06. The monoisotopic (exact) mass is 313 g/mol. The van der Waals surface area contributed by atoms with E-state index < -0.39 is 0 Å². The third kappa shape index (κ3) is 5.58. The SMILES string of the molecule is CC(C)NC(=O)Nc1ccc(N(C)CCc2ccncc2)nc1. The predicted molar refractivity (Wildman–Crippen MR) is 92.7 cm³/mol. The Morgan fingerprint density at radius 3 is 2.57 bits per heavy atom. The maximum Gasteiger partial charge on any atom is 0.319 e. The first-order chi connectivity index (χ1) is 11.0. The lowest BCUT2D eigenvalue weighted by Gasteiger charge is -2.18. The molecule has 0 atom stereocenters. The molecule has 0 spiro atoms. The van der Waals surface area contributed by atoms with Crippen molar-refractivity contribution in [3.8, 4) is 0 Å². The summed E-state index contributed by atoms with van der Waals surface area (Å²) in [5.74, 6) is 0.869. The van der Waals surface area contributed by atoms with Crippen LogP contribution in [0.5, 0.6) is 0 Å². The van der Waals surface area contributed by atoms with E-state index in [9.17, 15) is 4.79 Å². The van der Waals surface area contributed by atoms with Crippen LogP contribution in [0.3, 0.4) is 0 Å². The number of nitrogens with zero attached hydrogens (tertiary/aromatic N) is 3. The Kier molecular flexibility index (Phi) is 5.91. The molecule has 2 heterocycles. The van der Waals surface area contributed by atoms with E-state index in [0.29, 0.717) is 5.69 Å². The highest BCUT2D eigenvalue weighted by molar-refractivity contribution is 5.89. The zero-order chi connectivity index (χ0) is 16.7. The highest BCUT2D eigenvalue weighted by atomic mass is 16.2. The van der Waals surface area contributed by atoms with Crippen molar-refractivity contribution in [1.29, 1.82) is 0 Å². The van der Waals surface area contributed by atoms with E-state index in [0.717, 1.165) is 18.8 Å². The first kappa shape index (κ1) is 16.7. The Labute approximate surface area is 137 Å². The van der Waals surface area contributed by atoms with Gasteiger partial charge in [0.1, 0.15) is 5.82 Å². The molecule has 0 radical (unpaired) electrons. The summed E-state index contributed by atoms with van der Waals surface area (Å²) in [7, 11) is 2.00. The zero-order valence-corrected chi connectivity index (χ0v) is 13.8. The summed E-state index contributed by atoms with van der Waals surface area (Å²) in [6.45, 7) is 4.69. The van der Waals surface area contributed by atoms with Gasteiger partial charge in [0.15, 0.2) is 0 Å². The Bertz CT molecular complexity index is 613. The lowest BCUT2D eigenvalue weighted by molar-refractivity contribution is 0.250. The third-order valence-electron chi connectivity index (χ3n) is 3.30. The molecule has 2 aromatic rings. The van der Waals surface area contributed by atoms with Crippen LogP contribution in [0.25, 0.3) is 0 Å². The number of carbonyl (C=O) groups excluding carboxylic acids is 1. The number of pyridine rings is 2. The Morgan fingerprint density at radius 2 is 1.96 bits per heavy atom. The number of carbonyl (C=O) groups is 1. The zero-order valence-electron chi connectivity index (χ0n) is 13.8. The number of hydrogen-bond donors (Lipinski definition) is 2. The maximum absolute atomic E-state index is 11.6. The van der Waals surface area contributed by atoms with Gasteiger partial charge in [-0.15, -0.1) is 0 Å². The average molecular weight is 313 g/mol. The number of anilines is 2. The molecule has 0 aromatic carbocycles. The molecular weight excluding hydrogens is 290 g/mol. The van der Waals surface area contributed by atoms with Crippen LogP contribution in [-0.2, 0) is 6.42 Å². The molecule has 0 fully saturated rings. The minimum atomic E-state index is -0.222. The fourth-order valence-corrected chi connectivity index (χ4v) is 2.08. The van der Waals surface area contributed by atoms with Crippen LogP contribution in [0.15, 0.2) is 42.9 Å². The maximum atomic E-state index is 11.6. The molecule has 2 amide bonds. The molecule has 0 unspecified atom stereocenters. The van der Waals surface area contributed by atoms with Gasteiger partial charge in [0, 0.05) is 32.0 Å². The Morgan fingerprint density at radius 1 is 1.22 bits per heavy atom. The molecule has 0 aliphatic carbocycles. The van der Waals surface area contributed by atoms with Crippen LogP contribution in [0, 0.1) is 0 Å². The van der Waals surface area contributed by atoms with Crippen LogP contribution in [-0.4, -0.2) is 35.6 Å². The van der Waals surface area contributed by atoms with Crippen LogP contribution >= 0.6 is 0 Å². The van der Waals surface area contributed by atoms with E-state index in [-0.39, 0.29) is 12.1 Å². The van der Waals surface area contributed by atoms with Crippen LogP contribution in [0.2, 0.25) is 0 Å². The standard InChI is InChI=1S/C17H23N5O/c1-13(2)20-17(23)21-15-4-5-16(19-12-15)22(3)11-8-14-6-9-18-10-7-14/h4-7,9-10,12-13H,8,11H2,1-3H3,(H2,20,21,23). The summed E-state index contributed by atoms with van der Waals surface area (Å²) in [5.41, 5.74) is 1.92. The van der Waals surface area contributed by atoms with Crippen LogP contribution in [0.4, 0.5) is 16.3 Å². The second kappa shape index (κ2) is 8.12. The smallest absolute Gasteiger partial charge is 0.319 e. The molecular formula is C17H23N5O. The molecule has 23 heavy (non-hydrogen) atoms. The summed E-state index contributed by atoms with van der Waals surface area (Å²) in [4.78, 5) is 22.1. The van der Waals surface area contributed by atoms with E-state index in [1.165, 1.54) is 5.56 Å². The van der Waals surface area contributed by atoms with E-state index in [2.05, 4.69) is 25.5 Å². The fourth-order valence-electron chi connectivity index (χ4n) is 2.08. The highest BCUT2D eigenvalue weighted by Crippen LogP contribution is 2.13. The van der Waals surface area contributed by atoms with Crippen molar-refractivity contribution < 1.29 is 4.79 Å². The lowest BCUT2D eigenvalue weighted by Crippen LogP contribution is -2.34. The number of likely N-dealkylation sites (N-methyl/N-ethyl adjacent to an activating group) is 1. The summed E-state index contributed by atoms with van der Waals surface area (Å²) in [6, 6.07) is 7.66. The summed E-state index contributed by atoms with van der Waals surface area (Å²) in [6.07, 6.45) is 6.20. The molecule has 2 aromatic heterocycles. The predicted octanol–water partition coefficient (Wildman–Crippen LogP) is 2.69. The summed E-state index contributed by atoms with van der Waals surface area (Å²) in [5, 5.41) is 5.53. The lowest BCUT2D eigenvalue weighted by atomic mass is 10.2. The first-order valence-electron chi connectivity index (χ1n) is 7.68. The van der Waals surface area contributed by atoms with Crippen molar-refractivity contribution in [2.24, 2.45) is 0 Å². The molecule has 2 N–H and O–H groups in total. The Balaban J connectivity index is 1.87. The number of hydrogen-bond acceptors (Lipinski definition) is 4. The minimum absolute atomic E-state index is 0.0987. The molecule has 0 aliphatic heterocycles. The van der Waals surface area contributed by atoms with E-state index in [4.69, 9.17) is 0 Å². The van der Waals surface area contributed by atoms with Gasteiger partial charge < -0.3 is 15.5 Å². The molecule has 6 heteroatoms. The number of amides is 2. The van der Waals surface area contributed by atoms with Crippen molar-refractivity contribution in [3.05, 3.63) is 48.4 Å². The quantitative estimate of drug-likeness (QED) is 0.860. The van der Waals surface area contributed by atoms with Gasteiger partial charge in [-0.25, -0.2) is 9.78 Å². The number of rotatable bonds is 6. The molecule has 0 saturated heterocycles. The molecule has 2 rings (SSSR count). The summed E-state index contributed by atoms with van der Waals surface area (Å²) < 4.78 is 0. The molecule has 0 bridgehead atoms. The molecule has 6 nitrogen and oxygen atoms in total. The van der Waals surface area contributed by atoms with Crippen molar-refractivity contribution in [2.45, 2.75) is 26.3 Å². The average Bonchev–Trinajstić information content (AvgIpc) is 2.53. The second-order valence-electron chi connectivity index (χ2n) is 5.69. The summed E-state index contributed by atoms with van der Waals surface area (Å²) >= 11 is 0. The first-order valence-corrected chi connectivity index (χ1v) is 7.68. The second-order valence-corrected chi connectivity index (χ2v) is 5.69. The number of urea groups is 1. The van der Waals surface area contributed by atoms with Gasteiger partial charge in [-0.05, 0) is 50.1 Å². The van der Waals surface area contributed by atoms with Gasteiger partial charge in [0.2, 0.25) is 0 Å². The number of nitrogens with one attached hydrogen (secondary N) is 2. The fraction of sp³-hybridized carbons (Fsp3) is 0.353. The molecule has 0 saturated carbocycles. The van der Waals surface area contributed by atoms with Gasteiger partial charge >= 0.3 is 6.03 Å². The van der Waals surface area contributed by atoms with Crippen molar-refractivity contribution in [3.63, 3.8) is 0 Å². The minimum Gasteiger partial charge on any atom is -0.359 e. The van der Waals surface area contributed by atoms with Gasteiger partial charge in [0.05, 0.1) is 11.9 Å². The molecule has 122 valence electrons. The van der Waals surface area contributed by atoms with Crippen LogP contribution in [0.1, 0.15) is 19.4 Å². The molecule has 0 aliphatic rings. The van der Waals surface area contributed by atoms with Crippen LogP contribution < -0.4 is 15.5 Å². The van der Waals surface area contributed by atoms with Gasteiger partial charge in [0.25, 0.3) is 0 Å². The van der Waals surface area contributed by atoms with Crippen molar-refractivity contribution >= 4 is 17.5 Å². The number of aromatic nitrogens is 2. The van der Waals surface area contributed by atoms with E-state index >= 15 is 0 Å². The largest absolute Gasteiger partial charge is 0.359 e.